The molecule has 0 spiro atoms. The van der Waals surface area contributed by atoms with E-state index in [9.17, 15) is 4.79 Å². The highest BCUT2D eigenvalue weighted by Gasteiger charge is 2.16. The van der Waals surface area contributed by atoms with Crippen molar-refractivity contribution in [3.63, 3.8) is 0 Å². The molecule has 5 heteroatoms. The van der Waals surface area contributed by atoms with Crippen LogP contribution in [0.5, 0.6) is 0 Å². The van der Waals surface area contributed by atoms with Gasteiger partial charge in [0.25, 0.3) is 5.91 Å². The van der Waals surface area contributed by atoms with Crippen LogP contribution in [0.2, 0.25) is 0 Å². The molecule has 0 radical (unpaired) electrons. The average molecular weight is 343 g/mol. The lowest BCUT2D eigenvalue weighted by atomic mass is 10.1. The number of amides is 1. The van der Waals surface area contributed by atoms with Gasteiger partial charge >= 0.3 is 0 Å². The largest absolute Gasteiger partial charge is 0.349 e. The van der Waals surface area contributed by atoms with Gasteiger partial charge in [-0.15, -0.1) is 0 Å². The monoisotopic (exact) mass is 343 g/mol. The van der Waals surface area contributed by atoms with Gasteiger partial charge in [-0.1, -0.05) is 49.6 Å². The number of nitrogens with one attached hydrogen (secondary N) is 1. The number of rotatable bonds is 5. The number of benzene rings is 1. The minimum absolute atomic E-state index is 0.0609. The molecule has 0 bridgehead atoms. The molecule has 0 atom stereocenters. The van der Waals surface area contributed by atoms with Crippen LogP contribution in [0.25, 0.3) is 0 Å². The van der Waals surface area contributed by atoms with E-state index < -0.39 is 0 Å². The molecule has 24 heavy (non-hydrogen) atoms. The summed E-state index contributed by atoms with van der Waals surface area (Å²) in [5.41, 5.74) is 1.91. The predicted molar refractivity (Wildman–Crippen MR) is 98.2 cm³/mol. The second-order valence-corrected chi connectivity index (χ2v) is 7.41. The Labute approximate surface area is 148 Å². The minimum atomic E-state index is 0.0609. The maximum absolute atomic E-state index is 12.5. The van der Waals surface area contributed by atoms with Crippen molar-refractivity contribution in [2.24, 2.45) is 7.05 Å². The number of imidazole rings is 1. The zero-order valence-electron chi connectivity index (χ0n) is 14.2. The number of nitrogens with zero attached hydrogens (tertiary/aromatic N) is 2. The highest BCUT2D eigenvalue weighted by molar-refractivity contribution is 7.98. The highest BCUT2D eigenvalue weighted by atomic mass is 32.2. The first-order valence-corrected chi connectivity index (χ1v) is 9.71. The fourth-order valence-corrected chi connectivity index (χ4v) is 4.01. The quantitative estimate of drug-likeness (QED) is 0.655. The zero-order chi connectivity index (χ0) is 16.8. The Balaban J connectivity index is 1.59. The van der Waals surface area contributed by atoms with Gasteiger partial charge in [-0.3, -0.25) is 4.79 Å². The summed E-state index contributed by atoms with van der Waals surface area (Å²) in [5.74, 6) is 0.876. The van der Waals surface area contributed by atoms with E-state index in [1.165, 1.54) is 25.7 Å². The lowest BCUT2D eigenvalue weighted by Crippen LogP contribution is -2.34. The van der Waals surface area contributed by atoms with Gasteiger partial charge < -0.3 is 9.88 Å². The van der Waals surface area contributed by atoms with Gasteiger partial charge in [0.15, 0.2) is 5.16 Å². The van der Waals surface area contributed by atoms with Crippen LogP contribution in [0.15, 0.2) is 41.8 Å². The predicted octanol–water partition coefficient (Wildman–Crippen LogP) is 4.17. The number of hydrogen-bond acceptors (Lipinski definition) is 3. The average Bonchev–Trinajstić information content (AvgIpc) is 2.83. The minimum Gasteiger partial charge on any atom is -0.349 e. The van der Waals surface area contributed by atoms with Crippen LogP contribution >= 0.6 is 11.8 Å². The third kappa shape index (κ3) is 4.63. The SMILES string of the molecule is Cn1ccnc1SCc1cccc(C(=O)NC2CCCCCC2)c1. The molecule has 0 saturated heterocycles. The standard InChI is InChI=1S/C19H25N3OS/c1-22-12-11-20-19(22)24-14-15-7-6-8-16(13-15)18(23)21-17-9-4-2-3-5-10-17/h6-8,11-13,17H,2-5,9-10,14H2,1H3,(H,21,23). The van der Waals surface area contributed by atoms with Gasteiger partial charge in [0.05, 0.1) is 0 Å². The van der Waals surface area contributed by atoms with E-state index in [1.54, 1.807) is 18.0 Å². The van der Waals surface area contributed by atoms with E-state index in [1.807, 2.05) is 36.0 Å². The molecule has 1 aromatic heterocycles. The van der Waals surface area contributed by atoms with E-state index in [0.29, 0.717) is 6.04 Å². The fourth-order valence-electron chi connectivity index (χ4n) is 3.13. The van der Waals surface area contributed by atoms with Gasteiger partial charge in [-0.2, -0.15) is 0 Å². The van der Waals surface area contributed by atoms with Crippen molar-refractivity contribution in [2.75, 3.05) is 0 Å². The number of hydrogen-bond donors (Lipinski definition) is 1. The first kappa shape index (κ1) is 17.1. The molecule has 0 unspecified atom stereocenters. The lowest BCUT2D eigenvalue weighted by Gasteiger charge is -2.16. The van der Waals surface area contributed by atoms with Crippen molar-refractivity contribution in [3.05, 3.63) is 47.8 Å². The molecule has 128 valence electrons. The molecule has 1 N–H and O–H groups in total. The van der Waals surface area contributed by atoms with Crippen molar-refractivity contribution in [2.45, 2.75) is 55.5 Å². The number of aromatic nitrogens is 2. The van der Waals surface area contributed by atoms with Crippen LogP contribution < -0.4 is 5.32 Å². The van der Waals surface area contributed by atoms with Crippen LogP contribution in [0.4, 0.5) is 0 Å². The molecule has 1 saturated carbocycles. The second-order valence-electron chi connectivity index (χ2n) is 6.47. The highest BCUT2D eigenvalue weighted by Crippen LogP contribution is 2.21. The third-order valence-corrected chi connectivity index (χ3v) is 5.65. The maximum atomic E-state index is 12.5. The first-order chi connectivity index (χ1) is 11.7. The van der Waals surface area contributed by atoms with E-state index in [2.05, 4.69) is 16.4 Å². The molecule has 0 aliphatic heterocycles. The van der Waals surface area contributed by atoms with Gasteiger partial charge in [0.2, 0.25) is 0 Å². The van der Waals surface area contributed by atoms with Gasteiger partial charge in [-0.25, -0.2) is 4.98 Å². The number of carbonyl (C=O) groups is 1. The van der Waals surface area contributed by atoms with Gasteiger partial charge in [-0.05, 0) is 30.5 Å². The van der Waals surface area contributed by atoms with E-state index >= 15 is 0 Å². The second kappa shape index (κ2) is 8.38. The summed E-state index contributed by atoms with van der Waals surface area (Å²) >= 11 is 1.69. The molecular formula is C19H25N3OS. The summed E-state index contributed by atoms with van der Waals surface area (Å²) in [5, 5.41) is 4.21. The number of carbonyl (C=O) groups excluding carboxylic acids is 1. The molecular weight excluding hydrogens is 318 g/mol. The summed E-state index contributed by atoms with van der Waals surface area (Å²) < 4.78 is 2.01. The van der Waals surface area contributed by atoms with Crippen molar-refractivity contribution in [1.29, 1.82) is 0 Å². The van der Waals surface area contributed by atoms with Crippen LogP contribution in [0, 0.1) is 0 Å². The fraction of sp³-hybridized carbons (Fsp3) is 0.474. The Hall–Kier alpha value is -1.75. The van der Waals surface area contributed by atoms with E-state index in [4.69, 9.17) is 0 Å². The smallest absolute Gasteiger partial charge is 0.251 e. The molecule has 1 aliphatic carbocycles. The van der Waals surface area contributed by atoms with Crippen molar-refractivity contribution < 1.29 is 4.79 Å². The molecule has 2 aromatic rings. The number of thioether (sulfide) groups is 1. The van der Waals surface area contributed by atoms with Crippen LogP contribution in [0.1, 0.15) is 54.4 Å². The molecule has 1 heterocycles. The summed E-state index contributed by atoms with van der Waals surface area (Å²) in [6, 6.07) is 8.28. The molecule has 3 rings (SSSR count). The Morgan fingerprint density at radius 3 is 2.79 bits per heavy atom. The normalized spacial score (nSPS) is 15.9. The lowest BCUT2D eigenvalue weighted by molar-refractivity contribution is 0.0933. The van der Waals surface area contributed by atoms with Crippen molar-refractivity contribution in [1.82, 2.24) is 14.9 Å². The van der Waals surface area contributed by atoms with Gasteiger partial charge in [0.1, 0.15) is 0 Å². The van der Waals surface area contributed by atoms with Crippen LogP contribution in [-0.2, 0) is 12.8 Å². The summed E-state index contributed by atoms with van der Waals surface area (Å²) in [7, 11) is 1.99. The summed E-state index contributed by atoms with van der Waals surface area (Å²) in [4.78, 5) is 16.9. The topological polar surface area (TPSA) is 46.9 Å². The van der Waals surface area contributed by atoms with Crippen molar-refractivity contribution >= 4 is 17.7 Å². The Kier molecular flexibility index (Phi) is 5.96. The van der Waals surface area contributed by atoms with E-state index in [0.717, 1.165) is 34.9 Å². The van der Waals surface area contributed by atoms with Crippen LogP contribution in [-0.4, -0.2) is 21.5 Å². The first-order valence-electron chi connectivity index (χ1n) is 8.72. The maximum Gasteiger partial charge on any atom is 0.251 e. The summed E-state index contributed by atoms with van der Waals surface area (Å²) in [6.07, 6.45) is 11.0. The molecule has 1 aromatic carbocycles. The van der Waals surface area contributed by atoms with Gasteiger partial charge in [0, 0.05) is 36.8 Å². The summed E-state index contributed by atoms with van der Waals surface area (Å²) in [6.45, 7) is 0. The number of aryl methyl sites for hydroxylation is 1. The van der Waals surface area contributed by atoms with Crippen LogP contribution in [0.3, 0.4) is 0 Å². The third-order valence-electron chi connectivity index (χ3n) is 4.52. The Morgan fingerprint density at radius 2 is 2.08 bits per heavy atom. The molecule has 1 fully saturated rings. The van der Waals surface area contributed by atoms with E-state index in [-0.39, 0.29) is 5.91 Å². The zero-order valence-corrected chi connectivity index (χ0v) is 15.0. The molecule has 1 amide bonds. The van der Waals surface area contributed by atoms with Crippen molar-refractivity contribution in [3.8, 4) is 0 Å². The molecule has 4 nitrogen and oxygen atoms in total. The Morgan fingerprint density at radius 1 is 1.29 bits per heavy atom. The molecule has 1 aliphatic rings. The Bertz CT molecular complexity index is 675.